The van der Waals surface area contributed by atoms with Crippen molar-refractivity contribution >= 4 is 21.2 Å². The molecule has 0 amide bonds. The lowest BCUT2D eigenvalue weighted by molar-refractivity contribution is 0.567. The Kier molecular flexibility index (Phi) is 3.24. The van der Waals surface area contributed by atoms with Crippen molar-refractivity contribution in [1.29, 1.82) is 4.78 Å². The molecule has 1 unspecified atom stereocenters. The number of nitrogens with zero attached hydrogens (tertiary/aromatic N) is 2. The average Bonchev–Trinajstić information content (AvgIpc) is 2.29. The molecule has 0 radical (unpaired) electrons. The smallest absolute Gasteiger partial charge is 0.123 e. The first-order chi connectivity index (χ1) is 7.97. The van der Waals surface area contributed by atoms with Crippen molar-refractivity contribution in [2.45, 2.75) is 18.1 Å². The summed E-state index contributed by atoms with van der Waals surface area (Å²) in [6.07, 6.45) is 4.92. The fraction of sp³-hybridized carbons (Fsp3) is 0.545. The zero-order valence-electron chi connectivity index (χ0n) is 9.93. The van der Waals surface area contributed by atoms with Gasteiger partial charge in [-0.05, 0) is 25.0 Å². The van der Waals surface area contributed by atoms with Gasteiger partial charge in [0, 0.05) is 34.3 Å². The highest BCUT2D eigenvalue weighted by molar-refractivity contribution is 7.92. The van der Waals surface area contributed by atoms with Crippen LogP contribution in [-0.4, -0.2) is 33.8 Å². The van der Waals surface area contributed by atoms with Crippen molar-refractivity contribution in [2.24, 2.45) is 0 Å². The molecule has 0 saturated carbocycles. The van der Waals surface area contributed by atoms with Crippen LogP contribution in [0.15, 0.2) is 18.3 Å². The van der Waals surface area contributed by atoms with Gasteiger partial charge in [0.05, 0.1) is 11.9 Å². The van der Waals surface area contributed by atoms with E-state index in [1.54, 1.807) is 12.3 Å². The van der Waals surface area contributed by atoms with E-state index in [1.165, 1.54) is 6.26 Å². The van der Waals surface area contributed by atoms with Gasteiger partial charge in [-0.2, -0.15) is 0 Å². The summed E-state index contributed by atoms with van der Waals surface area (Å²) in [5.41, 5.74) is 6.59. The van der Waals surface area contributed by atoms with Crippen molar-refractivity contribution in [1.82, 2.24) is 4.98 Å². The molecule has 17 heavy (non-hydrogen) atoms. The number of rotatable bonds is 2. The Morgan fingerprint density at radius 3 is 2.59 bits per heavy atom. The number of anilines is 2. The SMILES string of the molecule is CS(=N)(=O)C1CCN(c2ccc(N)nc2)CC1. The van der Waals surface area contributed by atoms with E-state index >= 15 is 0 Å². The van der Waals surface area contributed by atoms with Gasteiger partial charge in [0.15, 0.2) is 0 Å². The molecule has 1 aliphatic rings. The monoisotopic (exact) mass is 254 g/mol. The number of piperidine rings is 1. The maximum Gasteiger partial charge on any atom is 0.123 e. The van der Waals surface area contributed by atoms with Gasteiger partial charge in [0.1, 0.15) is 5.82 Å². The zero-order chi connectivity index (χ0) is 12.5. The highest BCUT2D eigenvalue weighted by Crippen LogP contribution is 2.22. The van der Waals surface area contributed by atoms with Crippen molar-refractivity contribution in [2.75, 3.05) is 30.0 Å². The quantitative estimate of drug-likeness (QED) is 0.833. The summed E-state index contributed by atoms with van der Waals surface area (Å²) >= 11 is 0. The third kappa shape index (κ3) is 2.88. The predicted octanol–water partition coefficient (Wildman–Crippen LogP) is 1.31. The summed E-state index contributed by atoms with van der Waals surface area (Å²) in [5, 5.41) is 0.0282. The molecule has 1 atom stereocenters. The molecular weight excluding hydrogens is 236 g/mol. The summed E-state index contributed by atoms with van der Waals surface area (Å²) in [4.78, 5) is 6.27. The third-order valence-electron chi connectivity index (χ3n) is 3.21. The van der Waals surface area contributed by atoms with Crippen LogP contribution in [0.2, 0.25) is 0 Å². The molecule has 5 nitrogen and oxygen atoms in total. The largest absolute Gasteiger partial charge is 0.384 e. The van der Waals surface area contributed by atoms with Gasteiger partial charge in [0.25, 0.3) is 0 Å². The molecule has 2 rings (SSSR count). The molecule has 0 aromatic carbocycles. The van der Waals surface area contributed by atoms with E-state index in [0.29, 0.717) is 5.82 Å². The van der Waals surface area contributed by atoms with E-state index in [0.717, 1.165) is 31.6 Å². The second-order valence-electron chi connectivity index (χ2n) is 4.53. The second-order valence-corrected chi connectivity index (χ2v) is 7.01. The molecule has 0 spiro atoms. The molecule has 1 aliphatic heterocycles. The lowest BCUT2D eigenvalue weighted by Gasteiger charge is -2.33. The van der Waals surface area contributed by atoms with Crippen LogP contribution in [0.3, 0.4) is 0 Å². The van der Waals surface area contributed by atoms with Crippen molar-refractivity contribution in [3.05, 3.63) is 18.3 Å². The zero-order valence-corrected chi connectivity index (χ0v) is 10.7. The molecule has 1 aromatic heterocycles. The number of nitrogens with one attached hydrogen (secondary N) is 1. The van der Waals surface area contributed by atoms with Crippen LogP contribution in [-0.2, 0) is 9.73 Å². The summed E-state index contributed by atoms with van der Waals surface area (Å²) < 4.78 is 19.3. The summed E-state index contributed by atoms with van der Waals surface area (Å²) in [6, 6.07) is 3.74. The Morgan fingerprint density at radius 1 is 1.47 bits per heavy atom. The van der Waals surface area contributed by atoms with Crippen molar-refractivity contribution < 1.29 is 4.21 Å². The second kappa shape index (κ2) is 4.52. The van der Waals surface area contributed by atoms with Crippen LogP contribution in [0.4, 0.5) is 11.5 Å². The Hall–Kier alpha value is -1.30. The van der Waals surface area contributed by atoms with Gasteiger partial charge in [-0.25, -0.2) is 9.19 Å². The van der Waals surface area contributed by atoms with Crippen molar-refractivity contribution in [3.63, 3.8) is 0 Å². The van der Waals surface area contributed by atoms with E-state index in [-0.39, 0.29) is 5.25 Å². The fourth-order valence-corrected chi connectivity index (χ4v) is 3.26. The van der Waals surface area contributed by atoms with Gasteiger partial charge in [-0.1, -0.05) is 0 Å². The minimum atomic E-state index is -2.40. The maximum absolute atomic E-state index is 11.6. The molecule has 0 aliphatic carbocycles. The normalized spacial score (nSPS) is 21.1. The van der Waals surface area contributed by atoms with Crippen molar-refractivity contribution in [3.8, 4) is 0 Å². The number of nitrogens with two attached hydrogens (primary N) is 1. The first-order valence-corrected chi connectivity index (χ1v) is 7.69. The lowest BCUT2D eigenvalue weighted by Crippen LogP contribution is -2.38. The van der Waals surface area contributed by atoms with Crippen LogP contribution in [0, 0.1) is 4.78 Å². The molecule has 1 aromatic rings. The first-order valence-electron chi connectivity index (χ1n) is 5.66. The van der Waals surface area contributed by atoms with Crippen LogP contribution in [0.25, 0.3) is 0 Å². The molecule has 1 saturated heterocycles. The molecular formula is C11H18N4OS. The van der Waals surface area contributed by atoms with E-state index in [2.05, 4.69) is 9.88 Å². The molecule has 0 bridgehead atoms. The standard InChI is InChI=1S/C11H18N4OS/c1-17(13,16)10-4-6-15(7-5-10)9-2-3-11(12)14-8-9/h2-3,8,10,13H,4-7H2,1H3,(H2,12,14). The average molecular weight is 254 g/mol. The number of pyridine rings is 1. The summed E-state index contributed by atoms with van der Waals surface area (Å²) in [5.74, 6) is 0.520. The van der Waals surface area contributed by atoms with E-state index < -0.39 is 9.73 Å². The highest BCUT2D eigenvalue weighted by atomic mass is 32.2. The predicted molar refractivity (Wildman–Crippen MR) is 70.7 cm³/mol. The van der Waals surface area contributed by atoms with E-state index in [1.807, 2.05) is 6.07 Å². The minimum Gasteiger partial charge on any atom is -0.384 e. The fourth-order valence-electron chi connectivity index (χ4n) is 2.15. The summed E-state index contributed by atoms with van der Waals surface area (Å²) in [7, 11) is -2.40. The number of hydrogen-bond donors (Lipinski definition) is 2. The Morgan fingerprint density at radius 2 is 2.12 bits per heavy atom. The molecule has 2 heterocycles. The number of hydrogen-bond acceptors (Lipinski definition) is 5. The van der Waals surface area contributed by atoms with Gasteiger partial charge in [-0.15, -0.1) is 0 Å². The molecule has 94 valence electrons. The molecule has 3 N–H and O–H groups in total. The first kappa shape index (κ1) is 12.2. The topological polar surface area (TPSA) is 83.1 Å². The van der Waals surface area contributed by atoms with E-state index in [4.69, 9.17) is 10.5 Å². The Balaban J connectivity index is 2.02. The van der Waals surface area contributed by atoms with Gasteiger partial charge < -0.3 is 10.6 Å². The maximum atomic E-state index is 11.6. The summed E-state index contributed by atoms with van der Waals surface area (Å²) in [6.45, 7) is 1.67. The Bertz CT molecular complexity index is 475. The van der Waals surface area contributed by atoms with Gasteiger partial charge >= 0.3 is 0 Å². The van der Waals surface area contributed by atoms with Crippen LogP contribution >= 0.6 is 0 Å². The third-order valence-corrected chi connectivity index (χ3v) is 4.96. The minimum absolute atomic E-state index is 0.0282. The van der Waals surface area contributed by atoms with Crippen LogP contribution in [0.1, 0.15) is 12.8 Å². The number of nitrogen functional groups attached to an aromatic ring is 1. The number of aromatic nitrogens is 1. The Labute approximate surface area is 102 Å². The van der Waals surface area contributed by atoms with Crippen LogP contribution in [0.5, 0.6) is 0 Å². The molecule has 6 heteroatoms. The van der Waals surface area contributed by atoms with Gasteiger partial charge in [-0.3, -0.25) is 4.78 Å². The molecule has 1 fully saturated rings. The highest BCUT2D eigenvalue weighted by Gasteiger charge is 2.24. The van der Waals surface area contributed by atoms with Crippen LogP contribution < -0.4 is 10.6 Å². The van der Waals surface area contributed by atoms with Gasteiger partial charge in [0.2, 0.25) is 0 Å². The van der Waals surface area contributed by atoms with E-state index in [9.17, 15) is 4.21 Å². The lowest BCUT2D eigenvalue weighted by atomic mass is 10.1.